The van der Waals surface area contributed by atoms with Crippen LogP contribution in [0.5, 0.6) is 0 Å². The fraction of sp³-hybridized carbons (Fsp3) is 0.600. The van der Waals surface area contributed by atoms with Crippen molar-refractivity contribution in [2.24, 2.45) is 5.41 Å². The highest BCUT2D eigenvalue weighted by Crippen LogP contribution is 2.25. The van der Waals surface area contributed by atoms with E-state index in [9.17, 15) is 9.59 Å². The van der Waals surface area contributed by atoms with Crippen molar-refractivity contribution < 1.29 is 19.1 Å². The van der Waals surface area contributed by atoms with Gasteiger partial charge in [-0.15, -0.1) is 0 Å². The van der Waals surface area contributed by atoms with E-state index in [0.717, 1.165) is 12.2 Å². The lowest BCUT2D eigenvalue weighted by atomic mass is 9.84. The van der Waals surface area contributed by atoms with E-state index in [2.05, 4.69) is 10.6 Å². The molecular formula is C15H24N2O4. The van der Waals surface area contributed by atoms with Gasteiger partial charge >= 0.3 is 12.0 Å². The zero-order chi connectivity index (χ0) is 15.7. The van der Waals surface area contributed by atoms with Crippen LogP contribution in [0.15, 0.2) is 22.8 Å². The first-order valence-corrected chi connectivity index (χ1v) is 7.15. The van der Waals surface area contributed by atoms with Crippen LogP contribution >= 0.6 is 0 Å². The van der Waals surface area contributed by atoms with Crippen molar-refractivity contribution in [3.63, 3.8) is 0 Å². The Labute approximate surface area is 124 Å². The van der Waals surface area contributed by atoms with Gasteiger partial charge in [-0.1, -0.05) is 13.8 Å². The van der Waals surface area contributed by atoms with Crippen molar-refractivity contribution in [1.29, 1.82) is 0 Å². The Hall–Kier alpha value is -1.98. The Morgan fingerprint density at radius 2 is 1.95 bits per heavy atom. The minimum atomic E-state index is -0.785. The zero-order valence-corrected chi connectivity index (χ0v) is 12.6. The summed E-state index contributed by atoms with van der Waals surface area (Å²) in [7, 11) is 0. The van der Waals surface area contributed by atoms with Gasteiger partial charge in [-0.25, -0.2) is 4.79 Å². The van der Waals surface area contributed by atoms with E-state index in [1.165, 1.54) is 0 Å². The lowest BCUT2D eigenvalue weighted by Gasteiger charge is -2.23. The second kappa shape index (κ2) is 8.34. The molecule has 0 saturated carbocycles. The molecule has 6 nitrogen and oxygen atoms in total. The third-order valence-corrected chi connectivity index (χ3v) is 3.34. The summed E-state index contributed by atoms with van der Waals surface area (Å²) < 4.78 is 5.17. The fourth-order valence-electron chi connectivity index (χ4n) is 1.90. The number of rotatable bonds is 9. The van der Waals surface area contributed by atoms with Crippen molar-refractivity contribution in [3.05, 3.63) is 24.2 Å². The van der Waals surface area contributed by atoms with Crippen molar-refractivity contribution >= 4 is 12.0 Å². The number of carbonyl (C=O) groups is 2. The number of carboxylic acid groups (broad SMARTS) is 1. The molecule has 0 bridgehead atoms. The molecule has 3 N–H and O–H groups in total. The molecule has 2 amide bonds. The summed E-state index contributed by atoms with van der Waals surface area (Å²) in [6, 6.07) is 3.47. The summed E-state index contributed by atoms with van der Waals surface area (Å²) in [6.45, 7) is 5.06. The minimum absolute atomic E-state index is 0.0974. The lowest BCUT2D eigenvalue weighted by molar-refractivity contribution is -0.137. The van der Waals surface area contributed by atoms with Crippen LogP contribution in [0.4, 0.5) is 4.79 Å². The summed E-state index contributed by atoms with van der Waals surface area (Å²) in [5.74, 6) is 0.0526. The van der Waals surface area contributed by atoms with E-state index < -0.39 is 5.97 Å². The smallest absolute Gasteiger partial charge is 0.314 e. The second-order valence-electron chi connectivity index (χ2n) is 5.82. The van der Waals surface area contributed by atoms with E-state index >= 15 is 0 Å². The third-order valence-electron chi connectivity index (χ3n) is 3.34. The summed E-state index contributed by atoms with van der Waals surface area (Å²) >= 11 is 0. The Balaban J connectivity index is 2.10. The predicted molar refractivity (Wildman–Crippen MR) is 79.1 cm³/mol. The molecule has 0 fully saturated rings. The second-order valence-corrected chi connectivity index (χ2v) is 5.82. The first-order valence-electron chi connectivity index (χ1n) is 7.15. The molecule has 1 heterocycles. The Bertz CT molecular complexity index is 441. The molecule has 6 heteroatoms. The first-order chi connectivity index (χ1) is 9.89. The molecule has 21 heavy (non-hydrogen) atoms. The molecular weight excluding hydrogens is 272 g/mol. The van der Waals surface area contributed by atoms with Crippen molar-refractivity contribution in [3.8, 4) is 0 Å². The topological polar surface area (TPSA) is 91.6 Å². The largest absolute Gasteiger partial charge is 0.481 e. The number of carboxylic acids is 1. The number of furan rings is 1. The van der Waals surface area contributed by atoms with Crippen LogP contribution in [0.25, 0.3) is 0 Å². The third kappa shape index (κ3) is 8.02. The molecule has 0 aliphatic rings. The van der Waals surface area contributed by atoms with E-state index in [4.69, 9.17) is 9.52 Å². The number of amides is 2. The highest BCUT2D eigenvalue weighted by atomic mass is 16.4. The number of aliphatic carboxylic acids is 1. The molecule has 0 aromatic carbocycles. The van der Waals surface area contributed by atoms with Crippen LogP contribution < -0.4 is 10.6 Å². The predicted octanol–water partition coefficient (Wildman–Crippen LogP) is 2.40. The summed E-state index contributed by atoms with van der Waals surface area (Å²) in [6.07, 6.45) is 3.76. The molecule has 0 aliphatic heterocycles. The van der Waals surface area contributed by atoms with Gasteiger partial charge in [0.25, 0.3) is 0 Å². The van der Waals surface area contributed by atoms with Gasteiger partial charge in [0.1, 0.15) is 5.76 Å². The van der Waals surface area contributed by atoms with Crippen LogP contribution in [-0.4, -0.2) is 30.2 Å². The van der Waals surface area contributed by atoms with Gasteiger partial charge in [0.05, 0.1) is 6.26 Å². The number of hydrogen-bond donors (Lipinski definition) is 3. The van der Waals surface area contributed by atoms with Gasteiger partial charge in [0.15, 0.2) is 0 Å². The van der Waals surface area contributed by atoms with Gasteiger partial charge in [0.2, 0.25) is 0 Å². The lowest BCUT2D eigenvalue weighted by Crippen LogP contribution is -2.38. The molecule has 0 saturated heterocycles. The van der Waals surface area contributed by atoms with Gasteiger partial charge in [-0.05, 0) is 30.4 Å². The van der Waals surface area contributed by atoms with E-state index in [1.54, 1.807) is 6.26 Å². The highest BCUT2D eigenvalue weighted by Gasteiger charge is 2.19. The maximum absolute atomic E-state index is 11.6. The zero-order valence-electron chi connectivity index (χ0n) is 12.6. The molecule has 1 aromatic rings. The molecule has 0 radical (unpaired) electrons. The quantitative estimate of drug-likeness (QED) is 0.652. The standard InChI is InChI=1S/C15H24N2O4/c1-15(2,7-5-13(18)19)8-10-17-14(20)16-9-6-12-4-3-11-21-12/h3-4,11H,5-10H2,1-2H3,(H,18,19)(H2,16,17,20). The van der Waals surface area contributed by atoms with E-state index in [1.807, 2.05) is 26.0 Å². The molecule has 118 valence electrons. The van der Waals surface area contributed by atoms with Crippen molar-refractivity contribution in [2.45, 2.75) is 39.5 Å². The first kappa shape index (κ1) is 17.1. The fourth-order valence-corrected chi connectivity index (χ4v) is 1.90. The molecule has 0 atom stereocenters. The number of urea groups is 1. The maximum atomic E-state index is 11.6. The monoisotopic (exact) mass is 296 g/mol. The average Bonchev–Trinajstić information content (AvgIpc) is 2.89. The summed E-state index contributed by atoms with van der Waals surface area (Å²) in [4.78, 5) is 22.1. The molecule has 1 aromatic heterocycles. The SMILES string of the molecule is CC(C)(CCNC(=O)NCCc1ccco1)CCC(=O)O. The Morgan fingerprint density at radius 1 is 1.24 bits per heavy atom. The van der Waals surface area contributed by atoms with E-state index in [0.29, 0.717) is 25.9 Å². The number of hydrogen-bond acceptors (Lipinski definition) is 3. The molecule has 0 unspecified atom stereocenters. The minimum Gasteiger partial charge on any atom is -0.481 e. The van der Waals surface area contributed by atoms with Crippen LogP contribution in [0, 0.1) is 5.41 Å². The number of carbonyl (C=O) groups excluding carboxylic acids is 1. The van der Waals surface area contributed by atoms with Crippen LogP contribution in [-0.2, 0) is 11.2 Å². The van der Waals surface area contributed by atoms with Crippen LogP contribution in [0.1, 0.15) is 38.9 Å². The van der Waals surface area contributed by atoms with Gasteiger partial charge in [-0.3, -0.25) is 4.79 Å². The average molecular weight is 296 g/mol. The Kier molecular flexibility index (Phi) is 6.78. The van der Waals surface area contributed by atoms with Gasteiger partial charge < -0.3 is 20.2 Å². The summed E-state index contributed by atoms with van der Waals surface area (Å²) in [5, 5.41) is 14.2. The molecule has 1 rings (SSSR count). The highest BCUT2D eigenvalue weighted by molar-refractivity contribution is 5.73. The van der Waals surface area contributed by atoms with Gasteiger partial charge in [0, 0.05) is 25.9 Å². The molecule has 0 aliphatic carbocycles. The Morgan fingerprint density at radius 3 is 2.57 bits per heavy atom. The molecule has 0 spiro atoms. The summed E-state index contributed by atoms with van der Waals surface area (Å²) in [5.41, 5.74) is -0.0974. The van der Waals surface area contributed by atoms with Crippen molar-refractivity contribution in [2.75, 3.05) is 13.1 Å². The van der Waals surface area contributed by atoms with E-state index in [-0.39, 0.29) is 17.9 Å². The van der Waals surface area contributed by atoms with Gasteiger partial charge in [-0.2, -0.15) is 0 Å². The van der Waals surface area contributed by atoms with Crippen LogP contribution in [0.2, 0.25) is 0 Å². The van der Waals surface area contributed by atoms with Crippen molar-refractivity contribution in [1.82, 2.24) is 10.6 Å². The normalized spacial score (nSPS) is 11.1. The number of nitrogens with one attached hydrogen (secondary N) is 2. The maximum Gasteiger partial charge on any atom is 0.314 e. The van der Waals surface area contributed by atoms with Crippen LogP contribution in [0.3, 0.4) is 0 Å².